The third-order valence-corrected chi connectivity index (χ3v) is 4.22. The van der Waals surface area contributed by atoms with Crippen molar-refractivity contribution in [1.29, 1.82) is 0 Å². The molecule has 6 heteroatoms. The zero-order valence-electron chi connectivity index (χ0n) is 11.8. The minimum atomic E-state index is -0.167. The summed E-state index contributed by atoms with van der Waals surface area (Å²) in [5.74, 6) is 0.220. The highest BCUT2D eigenvalue weighted by Gasteiger charge is 2.35. The second-order valence-electron chi connectivity index (χ2n) is 5.50. The Hall–Kier alpha value is -1.43. The van der Waals surface area contributed by atoms with Gasteiger partial charge in [-0.2, -0.15) is 0 Å². The van der Waals surface area contributed by atoms with Gasteiger partial charge >= 0.3 is 0 Å². The van der Waals surface area contributed by atoms with Crippen LogP contribution in [-0.2, 0) is 0 Å². The van der Waals surface area contributed by atoms with Crippen LogP contribution >= 0.6 is 12.4 Å². The van der Waals surface area contributed by atoms with Crippen molar-refractivity contribution in [2.45, 2.75) is 6.42 Å². The quantitative estimate of drug-likeness (QED) is 0.842. The van der Waals surface area contributed by atoms with Crippen LogP contribution < -0.4 is 5.73 Å². The molecular formula is C15H20ClN3O2. The molecule has 2 aliphatic rings. The van der Waals surface area contributed by atoms with Gasteiger partial charge in [0.2, 0.25) is 0 Å². The van der Waals surface area contributed by atoms with Crippen molar-refractivity contribution in [1.82, 2.24) is 9.80 Å². The van der Waals surface area contributed by atoms with E-state index in [0.717, 1.165) is 26.1 Å². The lowest BCUT2D eigenvalue weighted by atomic mass is 10.1. The van der Waals surface area contributed by atoms with Crippen LogP contribution in [0.25, 0.3) is 0 Å². The molecule has 5 nitrogen and oxygen atoms in total. The van der Waals surface area contributed by atoms with Crippen LogP contribution in [0.1, 0.15) is 27.1 Å². The molecule has 0 saturated carbocycles. The molecule has 1 aromatic rings. The number of halogens is 1. The van der Waals surface area contributed by atoms with Gasteiger partial charge in [-0.15, -0.1) is 12.4 Å². The molecule has 0 bridgehead atoms. The number of likely N-dealkylation sites (tertiary alicyclic amines) is 1. The molecule has 114 valence electrons. The Bertz CT molecular complexity index is 514. The lowest BCUT2D eigenvalue weighted by Gasteiger charge is -2.20. The van der Waals surface area contributed by atoms with E-state index in [-0.39, 0.29) is 24.2 Å². The Morgan fingerprint density at radius 3 is 2.24 bits per heavy atom. The number of rotatable bonds is 4. The fourth-order valence-corrected chi connectivity index (χ4v) is 2.99. The van der Waals surface area contributed by atoms with Gasteiger partial charge in [-0.25, -0.2) is 0 Å². The summed E-state index contributed by atoms with van der Waals surface area (Å²) in [5.41, 5.74) is 6.72. The van der Waals surface area contributed by atoms with Crippen molar-refractivity contribution in [3.05, 3.63) is 35.4 Å². The van der Waals surface area contributed by atoms with Crippen LogP contribution in [0.15, 0.2) is 24.3 Å². The standard InChI is InChI=1S/C15H19N3O2.ClH/c16-9-11-5-6-17(10-11)7-8-18-14(19)12-3-1-2-4-13(12)15(18)20;/h1-4,11H,5-10,16H2;1H. The molecule has 1 atom stereocenters. The molecule has 2 heterocycles. The topological polar surface area (TPSA) is 66.6 Å². The van der Waals surface area contributed by atoms with E-state index in [0.29, 0.717) is 30.1 Å². The number of benzene rings is 1. The largest absolute Gasteiger partial charge is 0.330 e. The molecular weight excluding hydrogens is 290 g/mol. The van der Waals surface area contributed by atoms with Crippen LogP contribution in [0.2, 0.25) is 0 Å². The van der Waals surface area contributed by atoms with Crippen molar-refractivity contribution < 1.29 is 9.59 Å². The maximum Gasteiger partial charge on any atom is 0.261 e. The Labute approximate surface area is 130 Å². The molecule has 1 fully saturated rings. The number of fused-ring (bicyclic) bond motifs is 1. The van der Waals surface area contributed by atoms with Gasteiger partial charge in [-0.05, 0) is 37.6 Å². The molecule has 0 spiro atoms. The summed E-state index contributed by atoms with van der Waals surface area (Å²) >= 11 is 0. The maximum absolute atomic E-state index is 12.2. The summed E-state index contributed by atoms with van der Waals surface area (Å²) in [4.78, 5) is 28.0. The highest BCUT2D eigenvalue weighted by Crippen LogP contribution is 2.22. The van der Waals surface area contributed by atoms with E-state index in [1.54, 1.807) is 24.3 Å². The van der Waals surface area contributed by atoms with E-state index in [4.69, 9.17) is 5.73 Å². The normalized spacial score (nSPS) is 21.6. The molecule has 2 N–H and O–H groups in total. The molecule has 2 aliphatic heterocycles. The number of nitrogens with two attached hydrogens (primary N) is 1. The fraction of sp³-hybridized carbons (Fsp3) is 0.467. The third kappa shape index (κ3) is 2.95. The summed E-state index contributed by atoms with van der Waals surface area (Å²) < 4.78 is 0. The van der Waals surface area contributed by atoms with E-state index >= 15 is 0 Å². The summed E-state index contributed by atoms with van der Waals surface area (Å²) in [7, 11) is 0. The van der Waals surface area contributed by atoms with Crippen LogP contribution in [0.4, 0.5) is 0 Å². The fourth-order valence-electron chi connectivity index (χ4n) is 2.99. The number of carbonyl (C=O) groups excluding carboxylic acids is 2. The summed E-state index contributed by atoms with van der Waals surface area (Å²) in [6.07, 6.45) is 1.11. The Morgan fingerprint density at radius 2 is 1.71 bits per heavy atom. The maximum atomic E-state index is 12.2. The van der Waals surface area contributed by atoms with Crippen LogP contribution in [0.3, 0.4) is 0 Å². The Balaban J connectivity index is 0.00000161. The smallest absolute Gasteiger partial charge is 0.261 e. The van der Waals surface area contributed by atoms with Crippen molar-refractivity contribution in [3.8, 4) is 0 Å². The minimum Gasteiger partial charge on any atom is -0.330 e. The Kier molecular flexibility index (Phi) is 4.98. The average molecular weight is 310 g/mol. The van der Waals surface area contributed by atoms with Crippen molar-refractivity contribution in [3.63, 3.8) is 0 Å². The molecule has 21 heavy (non-hydrogen) atoms. The van der Waals surface area contributed by atoms with Gasteiger partial charge in [0.1, 0.15) is 0 Å². The third-order valence-electron chi connectivity index (χ3n) is 4.22. The lowest BCUT2D eigenvalue weighted by Crippen LogP contribution is -2.37. The van der Waals surface area contributed by atoms with Gasteiger partial charge in [-0.1, -0.05) is 12.1 Å². The SMILES string of the molecule is Cl.NCC1CCN(CCN2C(=O)c3ccccc3C2=O)C1. The van der Waals surface area contributed by atoms with Gasteiger partial charge in [0, 0.05) is 19.6 Å². The number of hydrogen-bond acceptors (Lipinski definition) is 4. The molecule has 0 aliphatic carbocycles. The van der Waals surface area contributed by atoms with E-state index in [1.807, 2.05) is 0 Å². The molecule has 3 rings (SSSR count). The number of imide groups is 1. The van der Waals surface area contributed by atoms with Crippen molar-refractivity contribution >= 4 is 24.2 Å². The molecule has 1 saturated heterocycles. The summed E-state index contributed by atoms with van der Waals surface area (Å²) in [6.45, 7) is 3.89. The van der Waals surface area contributed by atoms with Gasteiger partial charge in [-0.3, -0.25) is 14.5 Å². The molecule has 1 unspecified atom stereocenters. The first kappa shape index (κ1) is 15.9. The zero-order valence-corrected chi connectivity index (χ0v) is 12.6. The van der Waals surface area contributed by atoms with E-state index in [9.17, 15) is 9.59 Å². The van der Waals surface area contributed by atoms with Crippen LogP contribution in [-0.4, -0.2) is 54.3 Å². The molecule has 0 aromatic heterocycles. The number of nitrogens with zero attached hydrogens (tertiary/aromatic N) is 2. The summed E-state index contributed by atoms with van der Waals surface area (Å²) in [6, 6.07) is 7.02. The van der Waals surface area contributed by atoms with E-state index in [1.165, 1.54) is 4.90 Å². The van der Waals surface area contributed by atoms with Crippen molar-refractivity contribution in [2.24, 2.45) is 11.7 Å². The first-order valence-electron chi connectivity index (χ1n) is 7.08. The minimum absolute atomic E-state index is 0. The number of amides is 2. The molecule has 1 aromatic carbocycles. The number of hydrogen-bond donors (Lipinski definition) is 1. The van der Waals surface area contributed by atoms with Crippen LogP contribution in [0, 0.1) is 5.92 Å². The second kappa shape index (κ2) is 6.56. The van der Waals surface area contributed by atoms with Gasteiger partial charge in [0.15, 0.2) is 0 Å². The molecule has 0 radical (unpaired) electrons. The first-order valence-corrected chi connectivity index (χ1v) is 7.08. The van der Waals surface area contributed by atoms with E-state index in [2.05, 4.69) is 4.90 Å². The monoisotopic (exact) mass is 309 g/mol. The lowest BCUT2D eigenvalue weighted by molar-refractivity contribution is 0.0640. The van der Waals surface area contributed by atoms with Crippen molar-refractivity contribution in [2.75, 3.05) is 32.7 Å². The summed E-state index contributed by atoms with van der Waals surface area (Å²) in [5, 5.41) is 0. The van der Waals surface area contributed by atoms with Crippen LogP contribution in [0.5, 0.6) is 0 Å². The second-order valence-corrected chi connectivity index (χ2v) is 5.50. The average Bonchev–Trinajstić information content (AvgIpc) is 3.03. The highest BCUT2D eigenvalue weighted by atomic mass is 35.5. The molecule has 2 amide bonds. The van der Waals surface area contributed by atoms with Gasteiger partial charge in [0.25, 0.3) is 11.8 Å². The van der Waals surface area contributed by atoms with Gasteiger partial charge < -0.3 is 10.6 Å². The van der Waals surface area contributed by atoms with Gasteiger partial charge in [0.05, 0.1) is 11.1 Å². The Morgan fingerprint density at radius 1 is 1.10 bits per heavy atom. The van der Waals surface area contributed by atoms with E-state index < -0.39 is 0 Å². The predicted molar refractivity (Wildman–Crippen MR) is 82.7 cm³/mol. The zero-order chi connectivity index (χ0) is 14.1. The highest BCUT2D eigenvalue weighted by molar-refractivity contribution is 6.21. The first-order chi connectivity index (χ1) is 9.70. The predicted octanol–water partition coefficient (Wildman–Crippen LogP) is 0.985. The number of carbonyl (C=O) groups is 2.